The molecular formula is C18H30N2O2. The molecule has 0 atom stereocenters. The highest BCUT2D eigenvalue weighted by molar-refractivity contribution is 5.85. The van der Waals surface area contributed by atoms with Crippen LogP contribution in [-0.4, -0.2) is 18.2 Å². The predicted octanol–water partition coefficient (Wildman–Crippen LogP) is 5.42. The summed E-state index contributed by atoms with van der Waals surface area (Å²) in [4.78, 5) is 11.7. The predicted molar refractivity (Wildman–Crippen MR) is 93.5 cm³/mol. The third-order valence-corrected chi connectivity index (χ3v) is 3.14. The molecule has 0 unspecified atom stereocenters. The Morgan fingerprint density at radius 3 is 2.18 bits per heavy atom. The van der Waals surface area contributed by atoms with Crippen molar-refractivity contribution in [3.8, 4) is 0 Å². The lowest BCUT2D eigenvalue weighted by atomic mass is 10.1. The van der Waals surface area contributed by atoms with Gasteiger partial charge in [0.25, 0.3) is 0 Å². The summed E-state index contributed by atoms with van der Waals surface area (Å²) in [5.74, 6) is 0. The Labute approximate surface area is 134 Å². The molecule has 2 N–H and O–H groups in total. The first-order chi connectivity index (χ1) is 10.4. The van der Waals surface area contributed by atoms with E-state index in [0.717, 1.165) is 17.9 Å². The summed E-state index contributed by atoms with van der Waals surface area (Å²) >= 11 is 0. The zero-order valence-corrected chi connectivity index (χ0v) is 14.4. The smallest absolute Gasteiger partial charge is 0.412 e. The van der Waals surface area contributed by atoms with Crippen LogP contribution in [0.1, 0.15) is 59.8 Å². The number of carbonyl (C=O) groups is 1. The van der Waals surface area contributed by atoms with Crippen molar-refractivity contribution in [3.63, 3.8) is 0 Å². The molecule has 0 aromatic heterocycles. The highest BCUT2D eigenvalue weighted by Gasteiger charge is 2.15. The largest absolute Gasteiger partial charge is 0.444 e. The third kappa shape index (κ3) is 8.55. The van der Waals surface area contributed by atoms with Crippen LogP contribution in [0, 0.1) is 0 Å². The Bertz CT molecular complexity index is 435. The van der Waals surface area contributed by atoms with Gasteiger partial charge in [-0.15, -0.1) is 0 Å². The fraction of sp³-hybridized carbons (Fsp3) is 0.611. The van der Waals surface area contributed by atoms with Gasteiger partial charge >= 0.3 is 6.09 Å². The average Bonchev–Trinajstić information content (AvgIpc) is 2.42. The monoisotopic (exact) mass is 306 g/mol. The molecule has 4 heteroatoms. The second kappa shape index (κ2) is 9.34. The van der Waals surface area contributed by atoms with Crippen molar-refractivity contribution in [1.82, 2.24) is 0 Å². The quantitative estimate of drug-likeness (QED) is 0.631. The summed E-state index contributed by atoms with van der Waals surface area (Å²) in [6.07, 6.45) is 5.96. The van der Waals surface area contributed by atoms with Gasteiger partial charge < -0.3 is 10.1 Å². The van der Waals surface area contributed by atoms with Crippen molar-refractivity contribution in [2.75, 3.05) is 17.2 Å². The van der Waals surface area contributed by atoms with Gasteiger partial charge in [0.15, 0.2) is 0 Å². The van der Waals surface area contributed by atoms with Gasteiger partial charge in [-0.25, -0.2) is 4.79 Å². The molecule has 0 spiro atoms. The first-order valence-electron chi connectivity index (χ1n) is 8.24. The average molecular weight is 306 g/mol. The molecule has 0 aliphatic heterocycles. The Balaban J connectivity index is 2.29. The van der Waals surface area contributed by atoms with E-state index >= 15 is 0 Å². The number of anilines is 2. The lowest BCUT2D eigenvalue weighted by Crippen LogP contribution is -2.27. The van der Waals surface area contributed by atoms with Crippen molar-refractivity contribution in [3.05, 3.63) is 24.3 Å². The van der Waals surface area contributed by atoms with Gasteiger partial charge in [0.05, 0.1) is 0 Å². The number of ether oxygens (including phenoxy) is 1. The number of amides is 1. The molecule has 1 aromatic carbocycles. The lowest BCUT2D eigenvalue weighted by molar-refractivity contribution is 0.0636. The van der Waals surface area contributed by atoms with Gasteiger partial charge in [-0.1, -0.05) is 32.6 Å². The van der Waals surface area contributed by atoms with E-state index in [1.54, 1.807) is 0 Å². The van der Waals surface area contributed by atoms with E-state index in [2.05, 4.69) is 17.6 Å². The van der Waals surface area contributed by atoms with Crippen molar-refractivity contribution < 1.29 is 9.53 Å². The van der Waals surface area contributed by atoms with E-state index in [9.17, 15) is 4.79 Å². The van der Waals surface area contributed by atoms with Crippen LogP contribution >= 0.6 is 0 Å². The molecule has 0 saturated carbocycles. The SMILES string of the molecule is CCCCCCCNc1ccc(NC(=O)OC(C)(C)C)cc1. The number of unbranched alkanes of at least 4 members (excludes halogenated alkanes) is 4. The van der Waals surface area contributed by atoms with Crippen molar-refractivity contribution >= 4 is 17.5 Å². The van der Waals surface area contributed by atoms with Crippen LogP contribution in [0.5, 0.6) is 0 Å². The highest BCUT2D eigenvalue weighted by atomic mass is 16.6. The van der Waals surface area contributed by atoms with Crippen LogP contribution in [0.15, 0.2) is 24.3 Å². The summed E-state index contributed by atoms with van der Waals surface area (Å²) in [5, 5.41) is 6.12. The molecular weight excluding hydrogens is 276 g/mol. The van der Waals surface area contributed by atoms with Gasteiger partial charge in [-0.05, 0) is 51.5 Å². The lowest BCUT2D eigenvalue weighted by Gasteiger charge is -2.19. The van der Waals surface area contributed by atoms with Gasteiger partial charge in [0, 0.05) is 17.9 Å². The molecule has 0 radical (unpaired) electrons. The molecule has 0 aliphatic rings. The molecule has 4 nitrogen and oxygen atoms in total. The topological polar surface area (TPSA) is 50.4 Å². The zero-order chi connectivity index (χ0) is 16.4. The van der Waals surface area contributed by atoms with Gasteiger partial charge in [0.2, 0.25) is 0 Å². The molecule has 0 aliphatic carbocycles. The first kappa shape index (κ1) is 18.3. The fourth-order valence-electron chi connectivity index (χ4n) is 2.05. The molecule has 0 bridgehead atoms. The van der Waals surface area contributed by atoms with Crippen LogP contribution < -0.4 is 10.6 Å². The Kier molecular flexibility index (Phi) is 7.78. The molecule has 124 valence electrons. The number of carbonyl (C=O) groups excluding carboxylic acids is 1. The van der Waals surface area contributed by atoms with Gasteiger partial charge in [-0.3, -0.25) is 5.32 Å². The minimum Gasteiger partial charge on any atom is -0.444 e. The van der Waals surface area contributed by atoms with E-state index in [0.29, 0.717) is 0 Å². The summed E-state index contributed by atoms with van der Waals surface area (Å²) in [6, 6.07) is 7.70. The minimum absolute atomic E-state index is 0.427. The number of hydrogen-bond donors (Lipinski definition) is 2. The minimum atomic E-state index is -0.483. The maximum absolute atomic E-state index is 11.7. The van der Waals surface area contributed by atoms with E-state index in [1.807, 2.05) is 45.0 Å². The number of rotatable bonds is 8. The maximum Gasteiger partial charge on any atom is 0.412 e. The van der Waals surface area contributed by atoms with Crippen molar-refractivity contribution in [2.24, 2.45) is 0 Å². The van der Waals surface area contributed by atoms with Crippen LogP contribution in [0.3, 0.4) is 0 Å². The Morgan fingerprint density at radius 2 is 1.59 bits per heavy atom. The van der Waals surface area contributed by atoms with Crippen LogP contribution in [0.25, 0.3) is 0 Å². The summed E-state index contributed by atoms with van der Waals surface area (Å²) in [5.41, 5.74) is 1.33. The van der Waals surface area contributed by atoms with E-state index in [4.69, 9.17) is 4.74 Å². The van der Waals surface area contributed by atoms with E-state index < -0.39 is 11.7 Å². The standard InChI is InChI=1S/C18H30N2O2/c1-5-6-7-8-9-14-19-15-10-12-16(13-11-15)20-17(21)22-18(2,3)4/h10-13,19H,5-9,14H2,1-4H3,(H,20,21). The second-order valence-corrected chi connectivity index (χ2v) is 6.55. The molecule has 0 fully saturated rings. The summed E-state index contributed by atoms with van der Waals surface area (Å²) in [7, 11) is 0. The van der Waals surface area contributed by atoms with E-state index in [-0.39, 0.29) is 0 Å². The zero-order valence-electron chi connectivity index (χ0n) is 14.4. The van der Waals surface area contributed by atoms with E-state index in [1.165, 1.54) is 32.1 Å². The van der Waals surface area contributed by atoms with Crippen LogP contribution in [0.2, 0.25) is 0 Å². The van der Waals surface area contributed by atoms with Gasteiger partial charge in [-0.2, -0.15) is 0 Å². The highest BCUT2D eigenvalue weighted by Crippen LogP contribution is 2.15. The van der Waals surface area contributed by atoms with Crippen LogP contribution in [-0.2, 0) is 4.74 Å². The van der Waals surface area contributed by atoms with Gasteiger partial charge in [0.1, 0.15) is 5.60 Å². The Hall–Kier alpha value is -1.71. The number of benzene rings is 1. The number of hydrogen-bond acceptors (Lipinski definition) is 3. The molecule has 22 heavy (non-hydrogen) atoms. The fourth-order valence-corrected chi connectivity index (χ4v) is 2.05. The second-order valence-electron chi connectivity index (χ2n) is 6.55. The molecule has 0 saturated heterocycles. The molecule has 1 rings (SSSR count). The number of nitrogens with one attached hydrogen (secondary N) is 2. The Morgan fingerprint density at radius 1 is 1.00 bits per heavy atom. The maximum atomic E-state index is 11.7. The molecule has 0 heterocycles. The summed E-state index contributed by atoms with van der Waals surface area (Å²) in [6.45, 7) is 8.76. The van der Waals surface area contributed by atoms with Crippen molar-refractivity contribution in [2.45, 2.75) is 65.4 Å². The first-order valence-corrected chi connectivity index (χ1v) is 8.24. The molecule has 1 amide bonds. The molecule has 1 aromatic rings. The summed E-state index contributed by atoms with van der Waals surface area (Å²) < 4.78 is 5.22. The van der Waals surface area contributed by atoms with Crippen molar-refractivity contribution in [1.29, 1.82) is 0 Å². The normalized spacial score (nSPS) is 11.1. The van der Waals surface area contributed by atoms with Crippen LogP contribution in [0.4, 0.5) is 16.2 Å². The third-order valence-electron chi connectivity index (χ3n) is 3.14.